The molecule has 1 amide bonds. The predicted molar refractivity (Wildman–Crippen MR) is 98.4 cm³/mol. The number of ether oxygens (including phenoxy) is 1. The molecule has 0 radical (unpaired) electrons. The Bertz CT molecular complexity index is 1030. The molecule has 0 fully saturated rings. The fourth-order valence-corrected chi connectivity index (χ4v) is 2.42. The topological polar surface area (TPSA) is 90.1 Å². The van der Waals surface area contributed by atoms with Gasteiger partial charge in [0, 0.05) is 23.5 Å². The van der Waals surface area contributed by atoms with Gasteiger partial charge in [0.2, 0.25) is 18.2 Å². The maximum atomic E-state index is 12.4. The first-order valence-corrected chi connectivity index (χ1v) is 8.15. The van der Waals surface area contributed by atoms with Gasteiger partial charge in [0.1, 0.15) is 5.75 Å². The number of nitrogens with one attached hydrogen (secondary N) is 1. The third-order valence-electron chi connectivity index (χ3n) is 3.69. The van der Waals surface area contributed by atoms with Crippen LogP contribution in [0.4, 0.5) is 5.69 Å². The van der Waals surface area contributed by atoms with Crippen molar-refractivity contribution in [2.75, 3.05) is 5.32 Å². The van der Waals surface area contributed by atoms with E-state index in [-0.39, 0.29) is 5.91 Å². The van der Waals surface area contributed by atoms with E-state index in [9.17, 15) is 4.79 Å². The number of aromatic nitrogens is 3. The Morgan fingerprint density at radius 1 is 1.00 bits per heavy atom. The molecule has 132 valence electrons. The molecule has 2 aromatic heterocycles. The molecule has 1 N–H and O–H groups in total. The summed E-state index contributed by atoms with van der Waals surface area (Å²) in [6.07, 6.45) is 2.72. The van der Waals surface area contributed by atoms with E-state index in [1.807, 2.05) is 36.4 Å². The van der Waals surface area contributed by atoms with Crippen molar-refractivity contribution in [1.82, 2.24) is 15.2 Å². The van der Waals surface area contributed by atoms with Crippen LogP contribution in [0.1, 0.15) is 10.4 Å². The van der Waals surface area contributed by atoms with Crippen LogP contribution in [-0.2, 0) is 0 Å². The van der Waals surface area contributed by atoms with Crippen molar-refractivity contribution in [2.45, 2.75) is 0 Å². The maximum absolute atomic E-state index is 12.4. The van der Waals surface area contributed by atoms with Gasteiger partial charge in [-0.05, 0) is 36.4 Å². The van der Waals surface area contributed by atoms with E-state index in [1.165, 1.54) is 12.6 Å². The zero-order valence-corrected chi connectivity index (χ0v) is 14.1. The molecule has 4 rings (SSSR count). The van der Waals surface area contributed by atoms with E-state index in [0.29, 0.717) is 28.8 Å². The monoisotopic (exact) mass is 358 g/mol. The zero-order chi connectivity index (χ0) is 18.5. The molecule has 0 spiro atoms. The summed E-state index contributed by atoms with van der Waals surface area (Å²) >= 11 is 0. The summed E-state index contributed by atoms with van der Waals surface area (Å²) in [5.74, 6) is 1.20. The third kappa shape index (κ3) is 3.98. The van der Waals surface area contributed by atoms with Gasteiger partial charge >= 0.3 is 0 Å². The van der Waals surface area contributed by atoms with Gasteiger partial charge in [-0.1, -0.05) is 24.3 Å². The molecular weight excluding hydrogens is 344 g/mol. The lowest BCUT2D eigenvalue weighted by atomic mass is 10.2. The normalized spacial score (nSPS) is 10.4. The lowest BCUT2D eigenvalue weighted by molar-refractivity contribution is 0.102. The van der Waals surface area contributed by atoms with Crippen LogP contribution in [0.3, 0.4) is 0 Å². The van der Waals surface area contributed by atoms with Crippen molar-refractivity contribution in [2.24, 2.45) is 0 Å². The van der Waals surface area contributed by atoms with Crippen LogP contribution in [0.2, 0.25) is 0 Å². The van der Waals surface area contributed by atoms with Gasteiger partial charge < -0.3 is 14.5 Å². The van der Waals surface area contributed by atoms with Gasteiger partial charge in [0.25, 0.3) is 5.91 Å². The van der Waals surface area contributed by atoms with Crippen molar-refractivity contribution in [3.05, 3.63) is 84.9 Å². The second-order valence-corrected chi connectivity index (χ2v) is 5.58. The summed E-state index contributed by atoms with van der Waals surface area (Å²) < 4.78 is 10.8. The van der Waals surface area contributed by atoms with Gasteiger partial charge in [-0.2, -0.15) is 0 Å². The smallest absolute Gasteiger partial charge is 0.257 e. The van der Waals surface area contributed by atoms with E-state index >= 15 is 0 Å². The van der Waals surface area contributed by atoms with Crippen LogP contribution in [0.25, 0.3) is 11.5 Å². The van der Waals surface area contributed by atoms with E-state index < -0.39 is 0 Å². The molecule has 0 atom stereocenters. The van der Waals surface area contributed by atoms with Crippen LogP contribution in [0.5, 0.6) is 11.6 Å². The average molecular weight is 358 g/mol. The van der Waals surface area contributed by atoms with Crippen molar-refractivity contribution >= 4 is 11.6 Å². The minimum Gasteiger partial charge on any atom is -0.439 e. The first kappa shape index (κ1) is 16.5. The number of para-hydroxylation sites is 1. The number of hydrogen-bond acceptors (Lipinski definition) is 6. The highest BCUT2D eigenvalue weighted by molar-refractivity contribution is 6.04. The zero-order valence-electron chi connectivity index (χ0n) is 14.1. The fourth-order valence-electron chi connectivity index (χ4n) is 2.42. The lowest BCUT2D eigenvalue weighted by Crippen LogP contribution is -2.12. The third-order valence-corrected chi connectivity index (χ3v) is 3.69. The molecule has 2 aromatic carbocycles. The molecule has 7 heteroatoms. The van der Waals surface area contributed by atoms with Gasteiger partial charge in [-0.25, -0.2) is 4.98 Å². The van der Waals surface area contributed by atoms with Crippen LogP contribution in [-0.4, -0.2) is 21.1 Å². The number of rotatable bonds is 5. The Kier molecular flexibility index (Phi) is 4.57. The summed E-state index contributed by atoms with van der Waals surface area (Å²) in [5.41, 5.74) is 1.74. The average Bonchev–Trinajstić information content (AvgIpc) is 3.24. The molecule has 0 bridgehead atoms. The van der Waals surface area contributed by atoms with E-state index in [2.05, 4.69) is 20.5 Å². The number of pyridine rings is 1. The van der Waals surface area contributed by atoms with Crippen molar-refractivity contribution in [3.63, 3.8) is 0 Å². The van der Waals surface area contributed by atoms with Crippen molar-refractivity contribution in [3.8, 4) is 23.1 Å². The fraction of sp³-hybridized carbons (Fsp3) is 0. The minimum absolute atomic E-state index is 0.281. The highest BCUT2D eigenvalue weighted by Gasteiger charge is 2.10. The second-order valence-electron chi connectivity index (χ2n) is 5.58. The SMILES string of the molecule is O=C(Nc1cccc(-c2nnco2)c1)c1ccc(Oc2ccccc2)nc1. The summed E-state index contributed by atoms with van der Waals surface area (Å²) in [6.45, 7) is 0. The summed E-state index contributed by atoms with van der Waals surface area (Å²) in [6, 6.07) is 19.8. The predicted octanol–water partition coefficient (Wildman–Crippen LogP) is 4.18. The number of anilines is 1. The Morgan fingerprint density at radius 2 is 1.89 bits per heavy atom. The molecule has 0 aliphatic rings. The first-order valence-electron chi connectivity index (χ1n) is 8.15. The minimum atomic E-state index is -0.281. The molecule has 7 nitrogen and oxygen atoms in total. The molecular formula is C20H14N4O3. The molecule has 0 aliphatic heterocycles. The Labute approximate surface area is 154 Å². The molecule has 0 saturated heterocycles. The van der Waals surface area contributed by atoms with Crippen LogP contribution >= 0.6 is 0 Å². The standard InChI is InChI=1S/C20H14N4O3/c25-19(23-16-6-4-5-14(11-16)20-24-22-13-26-20)15-9-10-18(21-12-15)27-17-7-2-1-3-8-17/h1-13H,(H,23,25). The number of amides is 1. The van der Waals surface area contributed by atoms with Gasteiger partial charge in [0.15, 0.2) is 0 Å². The number of carbonyl (C=O) groups is 1. The van der Waals surface area contributed by atoms with Crippen LogP contribution in [0, 0.1) is 0 Å². The second kappa shape index (κ2) is 7.49. The molecule has 27 heavy (non-hydrogen) atoms. The van der Waals surface area contributed by atoms with Crippen LogP contribution < -0.4 is 10.1 Å². The lowest BCUT2D eigenvalue weighted by Gasteiger charge is -2.07. The summed E-state index contributed by atoms with van der Waals surface area (Å²) in [5, 5.41) is 10.3. The van der Waals surface area contributed by atoms with Crippen LogP contribution in [0.15, 0.2) is 83.7 Å². The van der Waals surface area contributed by atoms with Crippen molar-refractivity contribution in [1.29, 1.82) is 0 Å². The largest absolute Gasteiger partial charge is 0.439 e. The van der Waals surface area contributed by atoms with Gasteiger partial charge in [-0.15, -0.1) is 10.2 Å². The quantitative estimate of drug-likeness (QED) is 0.576. The maximum Gasteiger partial charge on any atom is 0.257 e. The number of benzene rings is 2. The Morgan fingerprint density at radius 3 is 2.63 bits per heavy atom. The highest BCUT2D eigenvalue weighted by atomic mass is 16.5. The highest BCUT2D eigenvalue weighted by Crippen LogP contribution is 2.22. The van der Waals surface area contributed by atoms with E-state index in [4.69, 9.17) is 9.15 Å². The number of carbonyl (C=O) groups excluding carboxylic acids is 1. The Balaban J connectivity index is 1.45. The first-order chi connectivity index (χ1) is 13.3. The van der Waals surface area contributed by atoms with Crippen molar-refractivity contribution < 1.29 is 13.9 Å². The molecule has 0 unspecified atom stereocenters. The summed E-state index contributed by atoms with van der Waals surface area (Å²) in [7, 11) is 0. The van der Waals surface area contributed by atoms with Gasteiger partial charge in [0.05, 0.1) is 5.56 Å². The van der Waals surface area contributed by atoms with Gasteiger partial charge in [-0.3, -0.25) is 4.79 Å². The molecule has 2 heterocycles. The summed E-state index contributed by atoms with van der Waals surface area (Å²) in [4.78, 5) is 16.6. The van der Waals surface area contributed by atoms with E-state index in [1.54, 1.807) is 30.3 Å². The van der Waals surface area contributed by atoms with E-state index in [0.717, 1.165) is 5.56 Å². The molecule has 4 aromatic rings. The molecule has 0 saturated carbocycles. The number of nitrogens with zero attached hydrogens (tertiary/aromatic N) is 3. The molecule has 0 aliphatic carbocycles. The number of hydrogen-bond donors (Lipinski definition) is 1. The Hall–Kier alpha value is -4.00.